The zero-order valence-electron chi connectivity index (χ0n) is 16.0. The quantitative estimate of drug-likeness (QED) is 0.206. The fourth-order valence-corrected chi connectivity index (χ4v) is 3.64. The van der Waals surface area contributed by atoms with Crippen molar-refractivity contribution in [2.45, 2.75) is 77.4 Å². The Balaban J connectivity index is 1.83. The van der Waals surface area contributed by atoms with Gasteiger partial charge in [0.25, 0.3) is 0 Å². The number of ether oxygens (including phenoxy) is 1. The molecule has 136 valence electrons. The Labute approximate surface area is 150 Å². The van der Waals surface area contributed by atoms with Crippen LogP contribution in [-0.4, -0.2) is 14.9 Å². The summed E-state index contributed by atoms with van der Waals surface area (Å²) < 4.78 is 11.6. The van der Waals surface area contributed by atoms with Gasteiger partial charge in [-0.15, -0.1) is 0 Å². The maximum Gasteiger partial charge on any atom is 0.241 e. The van der Waals surface area contributed by atoms with Gasteiger partial charge in [-0.2, -0.15) is 0 Å². The highest BCUT2D eigenvalue weighted by Crippen LogP contribution is 2.16. The zero-order chi connectivity index (χ0) is 17.7. The van der Waals surface area contributed by atoms with Crippen molar-refractivity contribution in [3.8, 4) is 5.75 Å². The Morgan fingerprint density at radius 2 is 1.38 bits per heavy atom. The Hall–Kier alpha value is -1.22. The molecule has 1 rings (SSSR count). The largest absolute Gasteiger partial charge is 0.548 e. The number of hydrogen-bond donors (Lipinski definition) is 0. The van der Waals surface area contributed by atoms with Gasteiger partial charge in [0, 0.05) is 6.42 Å². The normalized spacial score (nSPS) is 11.3. The molecule has 1 aromatic carbocycles. The summed E-state index contributed by atoms with van der Waals surface area (Å²) in [4.78, 5) is 0. The molecule has 0 aromatic heterocycles. The van der Waals surface area contributed by atoms with E-state index in [1.54, 1.807) is 0 Å². The summed E-state index contributed by atoms with van der Waals surface area (Å²) in [6.07, 6.45) is 11.3. The van der Waals surface area contributed by atoms with E-state index in [4.69, 9.17) is 9.16 Å². The Morgan fingerprint density at radius 1 is 0.833 bits per heavy atom. The molecule has 0 fully saturated rings. The second-order valence-electron chi connectivity index (χ2n) is 7.49. The third kappa shape index (κ3) is 12.2. The second-order valence-corrected chi connectivity index (χ2v) is 11.9. The van der Waals surface area contributed by atoms with Crippen molar-refractivity contribution in [3.63, 3.8) is 0 Å². The first-order valence-corrected chi connectivity index (χ1v) is 12.9. The molecule has 0 aliphatic heterocycles. The van der Waals surface area contributed by atoms with E-state index in [0.717, 1.165) is 31.0 Å². The van der Waals surface area contributed by atoms with E-state index in [1.165, 1.54) is 44.9 Å². The molecule has 0 saturated heterocycles. The van der Waals surface area contributed by atoms with Gasteiger partial charge in [-0.25, -0.2) is 0 Å². The van der Waals surface area contributed by atoms with Crippen molar-refractivity contribution in [2.75, 3.05) is 6.61 Å². The monoisotopic (exact) mass is 348 g/mol. The molecule has 0 amide bonds. The van der Waals surface area contributed by atoms with Crippen molar-refractivity contribution < 1.29 is 9.16 Å². The van der Waals surface area contributed by atoms with Gasteiger partial charge in [0.1, 0.15) is 5.75 Å². The number of allylic oxidation sites excluding steroid dienone is 1. The van der Waals surface area contributed by atoms with Gasteiger partial charge in [0.2, 0.25) is 8.32 Å². The number of rotatable bonds is 14. The topological polar surface area (TPSA) is 18.5 Å². The van der Waals surface area contributed by atoms with E-state index >= 15 is 0 Å². The minimum absolute atomic E-state index is 0.837. The fraction of sp³-hybridized carbons (Fsp3) is 0.619. The van der Waals surface area contributed by atoms with Crippen LogP contribution in [0.2, 0.25) is 19.6 Å². The minimum atomic E-state index is -1.45. The second kappa shape index (κ2) is 12.2. The summed E-state index contributed by atoms with van der Waals surface area (Å²) >= 11 is 0. The molecule has 3 heteroatoms. The van der Waals surface area contributed by atoms with Crippen LogP contribution in [0.1, 0.15) is 57.8 Å². The molecule has 0 N–H and O–H groups in total. The smallest absolute Gasteiger partial charge is 0.241 e. The summed E-state index contributed by atoms with van der Waals surface area (Å²) in [6, 6.07) is 10.1. The number of hydrogen-bond acceptors (Lipinski definition) is 2. The van der Waals surface area contributed by atoms with Crippen LogP contribution < -0.4 is 4.74 Å². The lowest BCUT2D eigenvalue weighted by atomic mass is 10.1. The van der Waals surface area contributed by atoms with Gasteiger partial charge in [0.05, 0.1) is 12.4 Å². The highest BCUT2D eigenvalue weighted by atomic mass is 28.4. The molecule has 0 unspecified atom stereocenters. The summed E-state index contributed by atoms with van der Waals surface area (Å²) in [5.74, 6) is 1.98. The zero-order valence-corrected chi connectivity index (χ0v) is 17.0. The molecule has 0 aliphatic rings. The molecule has 24 heavy (non-hydrogen) atoms. The highest BCUT2D eigenvalue weighted by Gasteiger charge is 2.16. The molecule has 0 heterocycles. The van der Waals surface area contributed by atoms with E-state index in [-0.39, 0.29) is 0 Å². The van der Waals surface area contributed by atoms with Gasteiger partial charge < -0.3 is 9.16 Å². The van der Waals surface area contributed by atoms with Crippen molar-refractivity contribution in [1.29, 1.82) is 0 Å². The molecular formula is C21H36O2Si. The lowest BCUT2D eigenvalue weighted by Crippen LogP contribution is -2.24. The first-order valence-electron chi connectivity index (χ1n) is 9.52. The average molecular weight is 349 g/mol. The number of unbranched alkanes of at least 4 members (excludes halogenated alkanes) is 7. The van der Waals surface area contributed by atoms with E-state index in [1.807, 2.05) is 30.3 Å². The van der Waals surface area contributed by atoms with E-state index < -0.39 is 8.32 Å². The lowest BCUT2D eigenvalue weighted by molar-refractivity contribution is 0.304. The van der Waals surface area contributed by atoms with Crippen LogP contribution in [-0.2, 0) is 4.43 Å². The summed E-state index contributed by atoms with van der Waals surface area (Å²) in [6.45, 7) is 11.5. The highest BCUT2D eigenvalue weighted by molar-refractivity contribution is 6.70. The Morgan fingerprint density at radius 3 is 1.96 bits per heavy atom. The summed E-state index contributed by atoms with van der Waals surface area (Å²) in [7, 11) is -1.45. The number of benzene rings is 1. The SMILES string of the molecule is C=C(CCCCCCCCCCOc1ccccc1)O[Si](C)(C)C. The molecule has 0 saturated carbocycles. The Kier molecular flexibility index (Phi) is 10.6. The van der Waals surface area contributed by atoms with Gasteiger partial charge in [0.15, 0.2) is 0 Å². The first-order chi connectivity index (χ1) is 11.5. The van der Waals surface area contributed by atoms with Crippen LogP contribution in [0.3, 0.4) is 0 Å². The maximum absolute atomic E-state index is 5.88. The van der Waals surface area contributed by atoms with Gasteiger partial charge in [-0.1, -0.05) is 63.3 Å². The van der Waals surface area contributed by atoms with Gasteiger partial charge in [-0.05, 0) is 44.6 Å². The molecule has 1 aromatic rings. The van der Waals surface area contributed by atoms with Gasteiger partial charge >= 0.3 is 0 Å². The third-order valence-corrected chi connectivity index (χ3v) is 4.71. The molecule has 0 atom stereocenters. The minimum Gasteiger partial charge on any atom is -0.548 e. The molecule has 0 bridgehead atoms. The lowest BCUT2D eigenvalue weighted by Gasteiger charge is -2.20. The average Bonchev–Trinajstić information content (AvgIpc) is 2.52. The van der Waals surface area contributed by atoms with E-state index in [2.05, 4.69) is 26.2 Å². The van der Waals surface area contributed by atoms with E-state index in [9.17, 15) is 0 Å². The van der Waals surface area contributed by atoms with Crippen LogP contribution >= 0.6 is 0 Å². The Bertz CT molecular complexity index is 437. The van der Waals surface area contributed by atoms with Crippen LogP contribution in [0.4, 0.5) is 0 Å². The van der Waals surface area contributed by atoms with Crippen molar-refractivity contribution in [2.24, 2.45) is 0 Å². The predicted molar refractivity (Wildman–Crippen MR) is 107 cm³/mol. The first kappa shape index (κ1) is 20.8. The summed E-state index contributed by atoms with van der Waals surface area (Å²) in [5.41, 5.74) is 0. The third-order valence-electron chi connectivity index (χ3n) is 3.81. The van der Waals surface area contributed by atoms with Crippen molar-refractivity contribution in [1.82, 2.24) is 0 Å². The van der Waals surface area contributed by atoms with Crippen molar-refractivity contribution >= 4 is 8.32 Å². The molecule has 2 nitrogen and oxygen atoms in total. The van der Waals surface area contributed by atoms with Crippen LogP contribution in [0.5, 0.6) is 5.75 Å². The van der Waals surface area contributed by atoms with Crippen molar-refractivity contribution in [3.05, 3.63) is 42.7 Å². The van der Waals surface area contributed by atoms with Crippen LogP contribution in [0.15, 0.2) is 42.7 Å². The number of para-hydroxylation sites is 1. The van der Waals surface area contributed by atoms with E-state index in [0.29, 0.717) is 0 Å². The molecule has 0 aliphatic carbocycles. The predicted octanol–water partition coefficient (Wildman–Crippen LogP) is 6.94. The maximum atomic E-state index is 5.88. The van der Waals surface area contributed by atoms with Crippen LogP contribution in [0, 0.1) is 0 Å². The van der Waals surface area contributed by atoms with Gasteiger partial charge in [-0.3, -0.25) is 0 Å². The fourth-order valence-electron chi connectivity index (χ4n) is 2.68. The molecule has 0 spiro atoms. The van der Waals surface area contributed by atoms with Crippen LogP contribution in [0.25, 0.3) is 0 Å². The summed E-state index contributed by atoms with van der Waals surface area (Å²) in [5, 5.41) is 0. The standard InChI is InChI=1S/C21H36O2Si/c1-20(23-24(2,3)4)16-12-9-7-5-6-8-10-15-19-22-21-17-13-11-14-18-21/h11,13-14,17-18H,1,5-10,12,15-16,19H2,2-4H3. The molecule has 0 radical (unpaired) electrons. The molecular weight excluding hydrogens is 312 g/mol.